The van der Waals surface area contributed by atoms with E-state index in [0.717, 1.165) is 38.8 Å². The molecule has 2 rings (SSSR count). The number of nitrogens with zero attached hydrogens (tertiary/aromatic N) is 2. The maximum atomic E-state index is 12.3. The van der Waals surface area contributed by atoms with E-state index in [4.69, 9.17) is 0 Å². The molecule has 1 aromatic heterocycles. The van der Waals surface area contributed by atoms with Crippen LogP contribution in [0.5, 0.6) is 0 Å². The van der Waals surface area contributed by atoms with Crippen LogP contribution >= 0.6 is 0 Å². The Labute approximate surface area is 125 Å². The summed E-state index contributed by atoms with van der Waals surface area (Å²) in [6.45, 7) is 5.52. The Morgan fingerprint density at radius 1 is 1.38 bits per heavy atom. The molecule has 0 bridgehead atoms. The molecule has 1 aliphatic rings. The minimum atomic E-state index is -0.893. The molecule has 1 unspecified atom stereocenters. The van der Waals surface area contributed by atoms with E-state index in [-0.39, 0.29) is 17.9 Å². The minimum absolute atomic E-state index is 0.0905. The Hall–Kier alpha value is -1.78. The van der Waals surface area contributed by atoms with E-state index in [9.17, 15) is 14.7 Å². The maximum absolute atomic E-state index is 12.3. The second-order valence-electron chi connectivity index (χ2n) is 5.85. The fourth-order valence-corrected chi connectivity index (χ4v) is 3.13. The van der Waals surface area contributed by atoms with E-state index in [0.29, 0.717) is 5.69 Å². The van der Waals surface area contributed by atoms with Crippen LogP contribution in [-0.4, -0.2) is 39.5 Å². The molecule has 0 spiro atoms. The number of piperidine rings is 1. The lowest BCUT2D eigenvalue weighted by Gasteiger charge is -2.34. The highest BCUT2D eigenvalue weighted by molar-refractivity contribution is 5.85. The van der Waals surface area contributed by atoms with E-state index in [1.807, 2.05) is 22.6 Å². The number of carboxylic acids is 1. The van der Waals surface area contributed by atoms with Crippen LogP contribution in [-0.2, 0) is 4.79 Å². The van der Waals surface area contributed by atoms with Crippen LogP contribution in [0.4, 0.5) is 0 Å². The monoisotopic (exact) mass is 292 g/mol. The van der Waals surface area contributed by atoms with Gasteiger partial charge in [-0.2, -0.15) is 0 Å². The lowest BCUT2D eigenvalue weighted by atomic mass is 10.00. The topological polar surface area (TPSA) is 62.5 Å². The smallest absolute Gasteiger partial charge is 0.352 e. The van der Waals surface area contributed by atoms with Gasteiger partial charge in [0.05, 0.1) is 0 Å². The molecule has 0 aromatic carbocycles. The molecule has 1 aromatic rings. The van der Waals surface area contributed by atoms with Crippen molar-refractivity contribution in [1.29, 1.82) is 0 Å². The zero-order chi connectivity index (χ0) is 15.4. The lowest BCUT2D eigenvalue weighted by Crippen LogP contribution is -2.41. The van der Waals surface area contributed by atoms with Gasteiger partial charge in [0.2, 0.25) is 5.91 Å². The van der Waals surface area contributed by atoms with Crippen LogP contribution in [0.1, 0.15) is 56.1 Å². The van der Waals surface area contributed by atoms with E-state index in [2.05, 4.69) is 6.92 Å². The third-order valence-corrected chi connectivity index (χ3v) is 4.31. The molecule has 5 heteroatoms. The summed E-state index contributed by atoms with van der Waals surface area (Å²) in [7, 11) is 0. The summed E-state index contributed by atoms with van der Waals surface area (Å²) >= 11 is 0. The summed E-state index contributed by atoms with van der Waals surface area (Å²) in [5.74, 6) is -0.566. The van der Waals surface area contributed by atoms with Crippen molar-refractivity contribution in [3.8, 4) is 0 Å². The van der Waals surface area contributed by atoms with Gasteiger partial charge in [-0.1, -0.05) is 20.3 Å². The van der Waals surface area contributed by atoms with Crippen molar-refractivity contribution >= 4 is 11.9 Å². The third-order valence-electron chi connectivity index (χ3n) is 4.31. The van der Waals surface area contributed by atoms with Gasteiger partial charge in [-0.25, -0.2) is 4.79 Å². The van der Waals surface area contributed by atoms with Gasteiger partial charge in [0.15, 0.2) is 0 Å². The maximum Gasteiger partial charge on any atom is 0.352 e. The molecule has 1 atom stereocenters. The highest BCUT2D eigenvalue weighted by Gasteiger charge is 2.27. The average molecular weight is 292 g/mol. The second kappa shape index (κ2) is 6.78. The SMILES string of the molecule is CCCC(C)C(=O)N1CCC(n2cccc2C(=O)O)CC1. The van der Waals surface area contributed by atoms with Crippen molar-refractivity contribution in [2.24, 2.45) is 5.92 Å². The van der Waals surface area contributed by atoms with Gasteiger partial charge in [-0.15, -0.1) is 0 Å². The zero-order valence-corrected chi connectivity index (χ0v) is 12.8. The molecule has 5 nitrogen and oxygen atoms in total. The highest BCUT2D eigenvalue weighted by Crippen LogP contribution is 2.26. The van der Waals surface area contributed by atoms with Crippen molar-refractivity contribution in [3.05, 3.63) is 24.0 Å². The number of carbonyl (C=O) groups excluding carboxylic acids is 1. The summed E-state index contributed by atoms with van der Waals surface area (Å²) in [5, 5.41) is 9.17. The Morgan fingerprint density at radius 3 is 2.62 bits per heavy atom. The zero-order valence-electron chi connectivity index (χ0n) is 12.8. The first-order chi connectivity index (χ1) is 10.0. The predicted molar refractivity (Wildman–Crippen MR) is 80.3 cm³/mol. The fourth-order valence-electron chi connectivity index (χ4n) is 3.13. The number of hydrogen-bond acceptors (Lipinski definition) is 2. The Balaban J connectivity index is 1.95. The molecule has 0 saturated carbocycles. The third kappa shape index (κ3) is 3.46. The van der Waals surface area contributed by atoms with Gasteiger partial charge in [-0.3, -0.25) is 4.79 Å². The Morgan fingerprint density at radius 2 is 2.05 bits per heavy atom. The largest absolute Gasteiger partial charge is 0.477 e. The molecule has 1 saturated heterocycles. The lowest BCUT2D eigenvalue weighted by molar-refractivity contribution is -0.136. The Kier molecular flexibility index (Phi) is 5.04. The van der Waals surface area contributed by atoms with E-state index >= 15 is 0 Å². The van der Waals surface area contributed by atoms with Gasteiger partial charge in [0, 0.05) is 31.2 Å². The quantitative estimate of drug-likeness (QED) is 0.907. The van der Waals surface area contributed by atoms with E-state index in [1.54, 1.807) is 12.1 Å². The molecule has 2 heterocycles. The van der Waals surface area contributed by atoms with Crippen molar-refractivity contribution in [2.75, 3.05) is 13.1 Å². The Bertz CT molecular complexity index is 501. The van der Waals surface area contributed by atoms with Crippen LogP contribution in [0.3, 0.4) is 0 Å². The van der Waals surface area contributed by atoms with Crippen LogP contribution in [0, 0.1) is 5.92 Å². The second-order valence-corrected chi connectivity index (χ2v) is 5.85. The minimum Gasteiger partial charge on any atom is -0.477 e. The van der Waals surface area contributed by atoms with Crippen LogP contribution in [0.15, 0.2) is 18.3 Å². The fraction of sp³-hybridized carbons (Fsp3) is 0.625. The molecule has 1 amide bonds. The molecule has 1 aliphatic heterocycles. The van der Waals surface area contributed by atoms with Crippen LogP contribution < -0.4 is 0 Å². The van der Waals surface area contributed by atoms with Gasteiger partial charge in [-0.05, 0) is 31.4 Å². The number of carbonyl (C=O) groups is 2. The molecule has 116 valence electrons. The van der Waals surface area contributed by atoms with Crippen LogP contribution in [0.2, 0.25) is 0 Å². The number of aromatic nitrogens is 1. The number of aromatic carboxylic acids is 1. The first-order valence-corrected chi connectivity index (χ1v) is 7.73. The predicted octanol–water partition coefficient (Wildman–Crippen LogP) is 2.79. The number of rotatable bonds is 5. The first-order valence-electron chi connectivity index (χ1n) is 7.73. The number of hydrogen-bond donors (Lipinski definition) is 1. The van der Waals surface area contributed by atoms with Gasteiger partial charge < -0.3 is 14.6 Å². The standard InChI is InChI=1S/C16H24N2O3/c1-3-5-12(2)15(19)17-10-7-13(8-11-17)18-9-4-6-14(18)16(20)21/h4,6,9,12-13H,3,5,7-8,10-11H2,1-2H3,(H,20,21). The summed E-state index contributed by atoms with van der Waals surface area (Å²) in [5.41, 5.74) is 0.333. The van der Waals surface area contributed by atoms with Gasteiger partial charge >= 0.3 is 5.97 Å². The van der Waals surface area contributed by atoms with Crippen LogP contribution in [0.25, 0.3) is 0 Å². The normalized spacial score (nSPS) is 17.7. The molecule has 1 fully saturated rings. The van der Waals surface area contributed by atoms with Crippen molar-refractivity contribution in [3.63, 3.8) is 0 Å². The number of amides is 1. The summed E-state index contributed by atoms with van der Waals surface area (Å²) < 4.78 is 1.83. The van der Waals surface area contributed by atoms with Crippen molar-refractivity contribution in [2.45, 2.75) is 45.6 Å². The number of likely N-dealkylation sites (tertiary alicyclic amines) is 1. The van der Waals surface area contributed by atoms with Gasteiger partial charge in [0.1, 0.15) is 5.69 Å². The average Bonchev–Trinajstić information content (AvgIpc) is 2.96. The van der Waals surface area contributed by atoms with Crippen molar-refractivity contribution in [1.82, 2.24) is 9.47 Å². The van der Waals surface area contributed by atoms with E-state index in [1.165, 1.54) is 0 Å². The molecule has 21 heavy (non-hydrogen) atoms. The molecular formula is C16H24N2O3. The van der Waals surface area contributed by atoms with Gasteiger partial charge in [0.25, 0.3) is 0 Å². The van der Waals surface area contributed by atoms with E-state index < -0.39 is 5.97 Å². The highest BCUT2D eigenvalue weighted by atomic mass is 16.4. The summed E-state index contributed by atoms with van der Waals surface area (Å²) in [4.78, 5) is 25.4. The first kappa shape index (κ1) is 15.6. The number of carboxylic acid groups (broad SMARTS) is 1. The van der Waals surface area contributed by atoms with Crippen molar-refractivity contribution < 1.29 is 14.7 Å². The molecule has 0 aliphatic carbocycles. The molecule has 1 N–H and O–H groups in total. The molecule has 0 radical (unpaired) electrons. The summed E-state index contributed by atoms with van der Waals surface area (Å²) in [6.07, 6.45) is 5.42. The summed E-state index contributed by atoms with van der Waals surface area (Å²) in [6, 6.07) is 3.57. The molecular weight excluding hydrogens is 268 g/mol.